The van der Waals surface area contributed by atoms with E-state index in [1.54, 1.807) is 12.3 Å². The van der Waals surface area contributed by atoms with Gasteiger partial charge in [0, 0.05) is 19.8 Å². The molecule has 0 atom stereocenters. The van der Waals surface area contributed by atoms with E-state index in [0.717, 1.165) is 6.42 Å². The van der Waals surface area contributed by atoms with Gasteiger partial charge in [0.25, 0.3) is 0 Å². The third-order valence-corrected chi connectivity index (χ3v) is 5.42. The quantitative estimate of drug-likeness (QED) is 0.680. The van der Waals surface area contributed by atoms with Crippen LogP contribution in [0.2, 0.25) is 0 Å². The van der Waals surface area contributed by atoms with Crippen molar-refractivity contribution in [1.29, 1.82) is 0 Å². The summed E-state index contributed by atoms with van der Waals surface area (Å²) < 4.78 is 32.1. The highest BCUT2D eigenvalue weighted by Crippen LogP contribution is 2.26. The standard InChI is InChI=1S/C12H21NO4S2/c1-3-6-17-7-4-5-13-19(15,16)12-10(2)9-18-11(12)8-14/h9,13-14H,3-8H2,1-2H3. The van der Waals surface area contributed by atoms with E-state index in [0.29, 0.717) is 36.6 Å². The van der Waals surface area contributed by atoms with E-state index in [2.05, 4.69) is 4.72 Å². The van der Waals surface area contributed by atoms with Crippen LogP contribution in [0.15, 0.2) is 10.3 Å². The minimum atomic E-state index is -3.54. The molecule has 1 aromatic rings. The fourth-order valence-corrected chi connectivity index (χ4v) is 4.39. The number of aryl methyl sites for hydroxylation is 1. The number of aliphatic hydroxyl groups excluding tert-OH is 1. The Morgan fingerprint density at radius 3 is 2.79 bits per heavy atom. The van der Waals surface area contributed by atoms with Crippen LogP contribution in [0.25, 0.3) is 0 Å². The van der Waals surface area contributed by atoms with Crippen LogP contribution in [-0.4, -0.2) is 33.3 Å². The molecule has 0 unspecified atom stereocenters. The van der Waals surface area contributed by atoms with Crippen molar-refractivity contribution in [3.05, 3.63) is 15.8 Å². The first-order valence-corrected chi connectivity index (χ1v) is 8.64. The number of thiophene rings is 1. The Balaban J connectivity index is 2.54. The molecule has 0 aliphatic heterocycles. The molecule has 0 bridgehead atoms. The lowest BCUT2D eigenvalue weighted by atomic mass is 10.3. The molecule has 0 aliphatic carbocycles. The maximum absolute atomic E-state index is 12.1. The third kappa shape index (κ3) is 4.85. The summed E-state index contributed by atoms with van der Waals surface area (Å²) in [6, 6.07) is 0. The number of ether oxygens (including phenoxy) is 1. The predicted octanol–water partition coefficient (Wildman–Crippen LogP) is 1.64. The number of nitrogens with one attached hydrogen (secondary N) is 1. The molecule has 1 heterocycles. The van der Waals surface area contributed by atoms with Crippen LogP contribution < -0.4 is 4.72 Å². The third-order valence-electron chi connectivity index (χ3n) is 2.51. The Labute approximate surface area is 118 Å². The SMILES string of the molecule is CCCOCCCNS(=O)(=O)c1c(C)csc1CO. The minimum absolute atomic E-state index is 0.217. The monoisotopic (exact) mass is 307 g/mol. The van der Waals surface area contributed by atoms with Crippen LogP contribution in [-0.2, 0) is 21.4 Å². The van der Waals surface area contributed by atoms with Gasteiger partial charge in [0.1, 0.15) is 4.90 Å². The molecule has 7 heteroatoms. The maximum Gasteiger partial charge on any atom is 0.242 e. The molecule has 2 N–H and O–H groups in total. The van der Waals surface area contributed by atoms with Gasteiger partial charge in [0.15, 0.2) is 0 Å². The summed E-state index contributed by atoms with van der Waals surface area (Å²) in [5.41, 5.74) is 0.670. The second-order valence-electron chi connectivity index (χ2n) is 4.19. The van der Waals surface area contributed by atoms with Gasteiger partial charge in [-0.1, -0.05) is 6.92 Å². The predicted molar refractivity (Wildman–Crippen MR) is 75.9 cm³/mol. The lowest BCUT2D eigenvalue weighted by Gasteiger charge is -2.08. The Kier molecular flexibility index (Phi) is 6.95. The molecule has 0 fully saturated rings. The first-order valence-electron chi connectivity index (χ1n) is 6.28. The molecule has 0 saturated heterocycles. The minimum Gasteiger partial charge on any atom is -0.391 e. The molecular formula is C12H21NO4S2. The molecule has 0 amide bonds. The van der Waals surface area contributed by atoms with E-state index in [1.807, 2.05) is 6.92 Å². The first kappa shape index (κ1) is 16.6. The van der Waals surface area contributed by atoms with Gasteiger partial charge < -0.3 is 9.84 Å². The van der Waals surface area contributed by atoms with Gasteiger partial charge in [-0.25, -0.2) is 13.1 Å². The van der Waals surface area contributed by atoms with Gasteiger partial charge in [0.05, 0.1) is 11.5 Å². The molecule has 0 aromatic carbocycles. The van der Waals surface area contributed by atoms with E-state index in [-0.39, 0.29) is 11.5 Å². The molecular weight excluding hydrogens is 286 g/mol. The molecule has 0 saturated carbocycles. The van der Waals surface area contributed by atoms with Gasteiger partial charge in [-0.15, -0.1) is 11.3 Å². The van der Waals surface area contributed by atoms with Crippen molar-refractivity contribution in [2.75, 3.05) is 19.8 Å². The zero-order valence-corrected chi connectivity index (χ0v) is 12.9. The van der Waals surface area contributed by atoms with E-state index >= 15 is 0 Å². The highest BCUT2D eigenvalue weighted by Gasteiger charge is 2.21. The first-order chi connectivity index (χ1) is 9.03. The lowest BCUT2D eigenvalue weighted by Crippen LogP contribution is -2.26. The van der Waals surface area contributed by atoms with Crippen LogP contribution in [0.3, 0.4) is 0 Å². The summed E-state index contributed by atoms with van der Waals surface area (Å²) in [7, 11) is -3.54. The van der Waals surface area contributed by atoms with Crippen LogP contribution in [0, 0.1) is 6.92 Å². The van der Waals surface area contributed by atoms with E-state index in [1.165, 1.54) is 11.3 Å². The summed E-state index contributed by atoms with van der Waals surface area (Å²) in [4.78, 5) is 0.696. The summed E-state index contributed by atoms with van der Waals surface area (Å²) in [5, 5.41) is 10.9. The molecule has 5 nitrogen and oxygen atoms in total. The van der Waals surface area contributed by atoms with E-state index < -0.39 is 10.0 Å². The van der Waals surface area contributed by atoms with Crippen molar-refractivity contribution < 1.29 is 18.3 Å². The smallest absolute Gasteiger partial charge is 0.242 e. The van der Waals surface area contributed by atoms with Gasteiger partial charge in [-0.05, 0) is 30.7 Å². The molecule has 1 rings (SSSR count). The average molecular weight is 307 g/mol. The largest absolute Gasteiger partial charge is 0.391 e. The van der Waals surface area contributed by atoms with E-state index in [4.69, 9.17) is 9.84 Å². The Morgan fingerprint density at radius 2 is 2.16 bits per heavy atom. The number of aliphatic hydroxyl groups is 1. The highest BCUT2D eigenvalue weighted by atomic mass is 32.2. The second-order valence-corrected chi connectivity index (χ2v) is 6.86. The molecule has 0 spiro atoms. The molecule has 0 aliphatic rings. The highest BCUT2D eigenvalue weighted by molar-refractivity contribution is 7.89. The second kappa shape index (κ2) is 7.96. The Morgan fingerprint density at radius 1 is 1.42 bits per heavy atom. The van der Waals surface area contributed by atoms with Crippen molar-refractivity contribution in [2.24, 2.45) is 0 Å². The molecule has 19 heavy (non-hydrogen) atoms. The van der Waals surface area contributed by atoms with Crippen molar-refractivity contribution in [3.8, 4) is 0 Å². The Bertz CT molecular complexity index is 482. The number of hydrogen-bond acceptors (Lipinski definition) is 5. The fourth-order valence-electron chi connectivity index (χ4n) is 1.66. The fraction of sp³-hybridized carbons (Fsp3) is 0.667. The lowest BCUT2D eigenvalue weighted by molar-refractivity contribution is 0.133. The summed E-state index contributed by atoms with van der Waals surface area (Å²) >= 11 is 1.26. The number of hydrogen-bond donors (Lipinski definition) is 2. The van der Waals surface area contributed by atoms with Crippen molar-refractivity contribution in [3.63, 3.8) is 0 Å². The topological polar surface area (TPSA) is 75.6 Å². The van der Waals surface area contributed by atoms with Gasteiger partial charge >= 0.3 is 0 Å². The Hall–Kier alpha value is -0.470. The molecule has 1 aromatic heterocycles. The number of rotatable bonds is 9. The van der Waals surface area contributed by atoms with Crippen molar-refractivity contribution in [1.82, 2.24) is 4.72 Å². The summed E-state index contributed by atoms with van der Waals surface area (Å²) in [5.74, 6) is 0. The van der Waals surface area contributed by atoms with E-state index in [9.17, 15) is 8.42 Å². The number of sulfonamides is 1. The van der Waals surface area contributed by atoms with Crippen LogP contribution in [0.1, 0.15) is 30.2 Å². The molecule has 110 valence electrons. The normalized spacial score (nSPS) is 11.9. The van der Waals surface area contributed by atoms with Gasteiger partial charge in [-0.3, -0.25) is 0 Å². The van der Waals surface area contributed by atoms with Crippen molar-refractivity contribution >= 4 is 21.4 Å². The zero-order valence-electron chi connectivity index (χ0n) is 11.3. The van der Waals surface area contributed by atoms with Crippen LogP contribution >= 0.6 is 11.3 Å². The van der Waals surface area contributed by atoms with Gasteiger partial charge in [0.2, 0.25) is 10.0 Å². The summed E-state index contributed by atoms with van der Waals surface area (Å²) in [6.07, 6.45) is 1.59. The van der Waals surface area contributed by atoms with Crippen LogP contribution in [0.5, 0.6) is 0 Å². The maximum atomic E-state index is 12.1. The van der Waals surface area contributed by atoms with Gasteiger partial charge in [-0.2, -0.15) is 0 Å². The van der Waals surface area contributed by atoms with Crippen LogP contribution in [0.4, 0.5) is 0 Å². The average Bonchev–Trinajstić information content (AvgIpc) is 2.75. The summed E-state index contributed by atoms with van der Waals surface area (Å²) in [6.45, 7) is 5.09. The molecule has 0 radical (unpaired) electrons. The zero-order chi connectivity index (χ0) is 14.3. The van der Waals surface area contributed by atoms with Crippen molar-refractivity contribution in [2.45, 2.75) is 38.2 Å².